The molecule has 0 spiro atoms. The summed E-state index contributed by atoms with van der Waals surface area (Å²) in [4.78, 5) is 34.1. The number of carbonyl (C=O) groups excluding carboxylic acids is 2. The standard InChI is InChI=1S/C21H25N3O5/c1-21(2,3)29-20(28)22-13-14-8-10-15(11-9-14)23-16-6-4-5-7-17(16)24-18(25)12-19(26)27/h4-11,23H,12-13H2,1-3H3,(H,22,28)(H,24,25)(H,26,27). The highest BCUT2D eigenvalue weighted by molar-refractivity contribution is 6.03. The number of nitrogens with one attached hydrogen (secondary N) is 3. The lowest BCUT2D eigenvalue weighted by molar-refractivity contribution is -0.139. The fraction of sp³-hybridized carbons (Fsp3) is 0.286. The SMILES string of the molecule is CC(C)(C)OC(=O)NCc1ccc(Nc2ccccc2NC(=O)CC(=O)O)cc1. The molecule has 2 aromatic rings. The molecular weight excluding hydrogens is 374 g/mol. The Hall–Kier alpha value is -3.55. The molecule has 0 aliphatic carbocycles. The summed E-state index contributed by atoms with van der Waals surface area (Å²) in [6, 6.07) is 14.4. The van der Waals surface area contributed by atoms with Crippen LogP contribution >= 0.6 is 0 Å². The van der Waals surface area contributed by atoms with Gasteiger partial charge in [-0.1, -0.05) is 24.3 Å². The third-order valence-electron chi connectivity index (χ3n) is 3.58. The molecule has 29 heavy (non-hydrogen) atoms. The first-order valence-electron chi connectivity index (χ1n) is 9.06. The van der Waals surface area contributed by atoms with Gasteiger partial charge < -0.3 is 25.8 Å². The van der Waals surface area contributed by atoms with Crippen molar-refractivity contribution < 1.29 is 24.2 Å². The highest BCUT2D eigenvalue weighted by atomic mass is 16.6. The Morgan fingerprint density at radius 1 is 0.966 bits per heavy atom. The molecule has 2 amide bonds. The third kappa shape index (κ3) is 7.92. The van der Waals surface area contributed by atoms with Crippen LogP contribution in [0.3, 0.4) is 0 Å². The van der Waals surface area contributed by atoms with Crippen LogP contribution < -0.4 is 16.0 Å². The quantitative estimate of drug-likeness (QED) is 0.525. The molecule has 0 aromatic heterocycles. The summed E-state index contributed by atoms with van der Waals surface area (Å²) >= 11 is 0. The predicted molar refractivity (Wildman–Crippen MR) is 110 cm³/mol. The number of carboxylic acid groups (broad SMARTS) is 1. The summed E-state index contributed by atoms with van der Waals surface area (Å²) in [5.74, 6) is -1.79. The minimum Gasteiger partial charge on any atom is -0.481 e. The number of amides is 2. The maximum atomic E-state index is 11.7. The topological polar surface area (TPSA) is 117 Å². The van der Waals surface area contributed by atoms with Crippen LogP contribution in [0.4, 0.5) is 21.9 Å². The van der Waals surface area contributed by atoms with Gasteiger partial charge in [-0.2, -0.15) is 0 Å². The van der Waals surface area contributed by atoms with Crippen LogP contribution in [0.15, 0.2) is 48.5 Å². The van der Waals surface area contributed by atoms with Gasteiger partial charge in [-0.15, -0.1) is 0 Å². The van der Waals surface area contributed by atoms with Crippen molar-refractivity contribution in [1.82, 2.24) is 5.32 Å². The number of para-hydroxylation sites is 2. The van der Waals surface area contributed by atoms with Crippen LogP contribution in [0.2, 0.25) is 0 Å². The highest BCUT2D eigenvalue weighted by Crippen LogP contribution is 2.25. The van der Waals surface area contributed by atoms with Crippen molar-refractivity contribution in [3.8, 4) is 0 Å². The molecule has 154 valence electrons. The van der Waals surface area contributed by atoms with Crippen LogP contribution in [0.1, 0.15) is 32.8 Å². The lowest BCUT2D eigenvalue weighted by Gasteiger charge is -2.19. The molecular formula is C21H25N3O5. The summed E-state index contributed by atoms with van der Waals surface area (Å²) in [6.07, 6.45) is -1.08. The van der Waals surface area contributed by atoms with Gasteiger partial charge in [0.2, 0.25) is 5.91 Å². The molecule has 4 N–H and O–H groups in total. The summed E-state index contributed by atoms with van der Waals surface area (Å²) in [6.45, 7) is 5.73. The van der Waals surface area contributed by atoms with Crippen LogP contribution in [-0.2, 0) is 20.9 Å². The molecule has 0 heterocycles. The van der Waals surface area contributed by atoms with E-state index in [-0.39, 0.29) is 0 Å². The van der Waals surface area contributed by atoms with Crippen LogP contribution in [0.25, 0.3) is 0 Å². The first kappa shape index (κ1) is 21.7. The second kappa shape index (κ2) is 9.59. The second-order valence-corrected chi connectivity index (χ2v) is 7.34. The third-order valence-corrected chi connectivity index (χ3v) is 3.58. The molecule has 0 saturated heterocycles. The predicted octanol–water partition coefficient (Wildman–Crippen LogP) is 3.87. The number of rotatable bonds is 7. The maximum absolute atomic E-state index is 11.7. The normalized spacial score (nSPS) is 10.7. The summed E-state index contributed by atoms with van der Waals surface area (Å²) in [7, 11) is 0. The maximum Gasteiger partial charge on any atom is 0.407 e. The van der Waals surface area contributed by atoms with Crippen molar-refractivity contribution in [2.45, 2.75) is 39.3 Å². The van der Waals surface area contributed by atoms with Crippen molar-refractivity contribution in [3.05, 3.63) is 54.1 Å². The van der Waals surface area contributed by atoms with Crippen molar-refractivity contribution in [3.63, 3.8) is 0 Å². The minimum absolute atomic E-state index is 0.330. The zero-order valence-corrected chi connectivity index (χ0v) is 16.6. The van der Waals surface area contributed by atoms with Crippen molar-refractivity contribution >= 4 is 35.0 Å². The van der Waals surface area contributed by atoms with E-state index < -0.39 is 30.0 Å². The molecule has 2 aromatic carbocycles. The van der Waals surface area contributed by atoms with E-state index in [2.05, 4.69) is 16.0 Å². The van der Waals surface area contributed by atoms with Crippen molar-refractivity contribution in [1.29, 1.82) is 0 Å². The molecule has 0 saturated carbocycles. The van der Waals surface area contributed by atoms with Gasteiger partial charge in [0.25, 0.3) is 0 Å². The summed E-state index contributed by atoms with van der Waals surface area (Å²) in [5, 5.41) is 17.2. The number of benzene rings is 2. The average Bonchev–Trinajstić information content (AvgIpc) is 2.60. The van der Waals surface area contributed by atoms with E-state index in [1.807, 2.05) is 24.3 Å². The zero-order chi connectivity index (χ0) is 21.4. The molecule has 0 unspecified atom stereocenters. The number of carboxylic acids is 1. The van der Waals surface area contributed by atoms with Crippen molar-refractivity contribution in [2.75, 3.05) is 10.6 Å². The molecule has 0 aliphatic heterocycles. The average molecular weight is 399 g/mol. The van der Waals surface area contributed by atoms with E-state index in [9.17, 15) is 14.4 Å². The Balaban J connectivity index is 1.97. The Labute approximate surface area is 169 Å². The van der Waals surface area contributed by atoms with E-state index >= 15 is 0 Å². The van der Waals surface area contributed by atoms with Gasteiger partial charge in [0.1, 0.15) is 12.0 Å². The number of hydrogen-bond donors (Lipinski definition) is 4. The number of hydrogen-bond acceptors (Lipinski definition) is 5. The van der Waals surface area contributed by atoms with E-state index in [0.29, 0.717) is 17.9 Å². The van der Waals surface area contributed by atoms with Gasteiger partial charge in [-0.3, -0.25) is 9.59 Å². The van der Waals surface area contributed by atoms with Gasteiger partial charge in [0.05, 0.1) is 11.4 Å². The van der Waals surface area contributed by atoms with Crippen LogP contribution in [-0.4, -0.2) is 28.7 Å². The van der Waals surface area contributed by atoms with E-state index in [1.54, 1.807) is 45.0 Å². The zero-order valence-electron chi connectivity index (χ0n) is 16.6. The fourth-order valence-corrected chi connectivity index (χ4v) is 2.38. The lowest BCUT2D eigenvalue weighted by Crippen LogP contribution is -2.32. The van der Waals surface area contributed by atoms with E-state index in [0.717, 1.165) is 11.3 Å². The largest absolute Gasteiger partial charge is 0.481 e. The molecule has 0 radical (unpaired) electrons. The van der Waals surface area contributed by atoms with Gasteiger partial charge in [0, 0.05) is 12.2 Å². The lowest BCUT2D eigenvalue weighted by atomic mass is 10.2. The second-order valence-electron chi connectivity index (χ2n) is 7.34. The Morgan fingerprint density at radius 2 is 1.59 bits per heavy atom. The monoisotopic (exact) mass is 399 g/mol. The molecule has 0 aliphatic rings. The number of aliphatic carboxylic acids is 1. The molecule has 0 atom stereocenters. The van der Waals surface area contributed by atoms with Crippen molar-refractivity contribution in [2.24, 2.45) is 0 Å². The van der Waals surface area contributed by atoms with Gasteiger partial charge >= 0.3 is 12.1 Å². The van der Waals surface area contributed by atoms with Gasteiger partial charge in [0.15, 0.2) is 0 Å². The molecule has 0 fully saturated rings. The molecule has 8 nitrogen and oxygen atoms in total. The van der Waals surface area contributed by atoms with Crippen LogP contribution in [0, 0.1) is 0 Å². The molecule has 8 heteroatoms. The first-order chi connectivity index (χ1) is 13.6. The number of ether oxygens (including phenoxy) is 1. The van der Waals surface area contributed by atoms with E-state index in [1.165, 1.54) is 0 Å². The summed E-state index contributed by atoms with van der Waals surface area (Å²) in [5.41, 5.74) is 2.22. The highest BCUT2D eigenvalue weighted by Gasteiger charge is 2.15. The Bertz CT molecular complexity index is 873. The Morgan fingerprint density at radius 3 is 2.17 bits per heavy atom. The molecule has 0 bridgehead atoms. The number of carbonyl (C=O) groups is 3. The minimum atomic E-state index is -1.19. The van der Waals surface area contributed by atoms with Crippen LogP contribution in [0.5, 0.6) is 0 Å². The number of alkyl carbamates (subject to hydrolysis) is 1. The van der Waals surface area contributed by atoms with E-state index in [4.69, 9.17) is 9.84 Å². The number of anilines is 3. The first-order valence-corrected chi connectivity index (χ1v) is 9.06. The molecule has 2 rings (SSSR count). The van der Waals surface area contributed by atoms with Gasteiger partial charge in [-0.05, 0) is 50.6 Å². The fourth-order valence-electron chi connectivity index (χ4n) is 2.38. The summed E-state index contributed by atoms with van der Waals surface area (Å²) < 4.78 is 5.20. The van der Waals surface area contributed by atoms with Gasteiger partial charge in [-0.25, -0.2) is 4.79 Å². The Kier molecular flexibility index (Phi) is 7.19. The smallest absolute Gasteiger partial charge is 0.407 e.